The van der Waals surface area contributed by atoms with Crippen LogP contribution in [-0.2, 0) is 4.79 Å². The molecule has 13 heavy (non-hydrogen) atoms. The fraction of sp³-hybridized carbons (Fsp3) is 0.889. The molecule has 4 heteroatoms. The van der Waals surface area contributed by atoms with E-state index in [1.807, 2.05) is 6.92 Å². The molecular weight excluding hydrogens is 190 g/mol. The summed E-state index contributed by atoms with van der Waals surface area (Å²) in [5.74, 6) is -0.652. The van der Waals surface area contributed by atoms with Crippen molar-refractivity contribution in [2.75, 3.05) is 19.6 Å². The van der Waals surface area contributed by atoms with Crippen molar-refractivity contribution in [2.24, 2.45) is 5.41 Å². The van der Waals surface area contributed by atoms with Crippen LogP contribution in [0.5, 0.6) is 0 Å². The number of carboxylic acids is 1. The number of carboxylic acid groups (broad SMARTS) is 1. The van der Waals surface area contributed by atoms with Crippen molar-refractivity contribution in [3.8, 4) is 0 Å². The molecule has 0 aromatic heterocycles. The van der Waals surface area contributed by atoms with Gasteiger partial charge in [-0.1, -0.05) is 6.92 Å². The minimum absolute atomic E-state index is 0. The summed E-state index contributed by atoms with van der Waals surface area (Å²) in [6.45, 7) is 6.64. The van der Waals surface area contributed by atoms with Gasteiger partial charge in [0.05, 0.1) is 5.41 Å². The minimum Gasteiger partial charge on any atom is -0.481 e. The molecule has 1 atom stereocenters. The number of hydrogen-bond acceptors (Lipinski definition) is 2. The van der Waals surface area contributed by atoms with Gasteiger partial charge in [0.2, 0.25) is 0 Å². The van der Waals surface area contributed by atoms with Gasteiger partial charge in [-0.25, -0.2) is 0 Å². The van der Waals surface area contributed by atoms with E-state index in [1.165, 1.54) is 0 Å². The van der Waals surface area contributed by atoms with Crippen LogP contribution in [0.4, 0.5) is 0 Å². The number of likely N-dealkylation sites (tertiary alicyclic amines) is 1. The molecule has 0 aromatic carbocycles. The second kappa shape index (κ2) is 4.82. The highest BCUT2D eigenvalue weighted by molar-refractivity contribution is 5.85. The summed E-state index contributed by atoms with van der Waals surface area (Å²) in [6, 6.07) is 0. The van der Waals surface area contributed by atoms with Crippen LogP contribution in [0.2, 0.25) is 0 Å². The molecule has 1 heterocycles. The Morgan fingerprint density at radius 2 is 2.23 bits per heavy atom. The first kappa shape index (κ1) is 12.7. The van der Waals surface area contributed by atoms with Gasteiger partial charge in [-0.2, -0.15) is 0 Å². The van der Waals surface area contributed by atoms with E-state index in [0.29, 0.717) is 6.54 Å². The Kier molecular flexibility index (Phi) is 4.71. The normalized spacial score (nSPS) is 29.4. The Morgan fingerprint density at radius 1 is 1.62 bits per heavy atom. The van der Waals surface area contributed by atoms with Gasteiger partial charge in [0.25, 0.3) is 0 Å². The first-order valence-corrected chi connectivity index (χ1v) is 4.54. The van der Waals surface area contributed by atoms with Crippen LogP contribution in [0.1, 0.15) is 26.7 Å². The highest BCUT2D eigenvalue weighted by Crippen LogP contribution is 2.29. The van der Waals surface area contributed by atoms with E-state index in [9.17, 15) is 4.79 Å². The zero-order valence-electron chi connectivity index (χ0n) is 8.25. The van der Waals surface area contributed by atoms with Crippen LogP contribution < -0.4 is 0 Å². The first-order chi connectivity index (χ1) is 5.58. The lowest BCUT2D eigenvalue weighted by Crippen LogP contribution is -2.45. The van der Waals surface area contributed by atoms with Gasteiger partial charge in [0.15, 0.2) is 0 Å². The second-order valence-electron chi connectivity index (χ2n) is 3.84. The lowest BCUT2D eigenvalue weighted by atomic mass is 9.82. The Hall–Kier alpha value is -0.280. The van der Waals surface area contributed by atoms with Crippen LogP contribution in [0.3, 0.4) is 0 Å². The minimum atomic E-state index is -0.652. The Labute approximate surface area is 85.5 Å². The molecule has 1 unspecified atom stereocenters. The number of halogens is 1. The molecule has 0 spiro atoms. The van der Waals surface area contributed by atoms with Crippen molar-refractivity contribution in [1.82, 2.24) is 4.90 Å². The molecule has 1 fully saturated rings. The van der Waals surface area contributed by atoms with E-state index in [2.05, 4.69) is 11.8 Å². The summed E-state index contributed by atoms with van der Waals surface area (Å²) in [5.41, 5.74) is -0.506. The Balaban J connectivity index is 0.00000144. The predicted molar refractivity (Wildman–Crippen MR) is 54.3 cm³/mol. The zero-order valence-corrected chi connectivity index (χ0v) is 9.06. The average molecular weight is 208 g/mol. The maximum atomic E-state index is 10.9. The van der Waals surface area contributed by atoms with Crippen molar-refractivity contribution in [3.63, 3.8) is 0 Å². The molecule has 0 aromatic rings. The van der Waals surface area contributed by atoms with Gasteiger partial charge in [-0.3, -0.25) is 4.79 Å². The third kappa shape index (κ3) is 2.85. The van der Waals surface area contributed by atoms with E-state index >= 15 is 0 Å². The van der Waals surface area contributed by atoms with Gasteiger partial charge in [0.1, 0.15) is 0 Å². The van der Waals surface area contributed by atoms with E-state index in [4.69, 9.17) is 5.11 Å². The Morgan fingerprint density at radius 3 is 2.69 bits per heavy atom. The molecule has 0 radical (unpaired) electrons. The van der Waals surface area contributed by atoms with Gasteiger partial charge in [-0.15, -0.1) is 12.4 Å². The van der Waals surface area contributed by atoms with Crippen molar-refractivity contribution < 1.29 is 9.90 Å². The Bertz CT molecular complexity index is 186. The fourth-order valence-corrected chi connectivity index (χ4v) is 1.79. The summed E-state index contributed by atoms with van der Waals surface area (Å²) in [5, 5.41) is 8.98. The molecular formula is C9H18ClNO2. The maximum absolute atomic E-state index is 10.9. The van der Waals surface area contributed by atoms with Gasteiger partial charge in [-0.05, 0) is 32.9 Å². The average Bonchev–Trinajstić information content (AvgIpc) is 2.04. The lowest BCUT2D eigenvalue weighted by Gasteiger charge is -2.36. The molecule has 3 nitrogen and oxygen atoms in total. The monoisotopic (exact) mass is 207 g/mol. The maximum Gasteiger partial charge on any atom is 0.310 e. The van der Waals surface area contributed by atoms with Crippen molar-refractivity contribution in [2.45, 2.75) is 26.7 Å². The molecule has 78 valence electrons. The molecule has 0 saturated carbocycles. The van der Waals surface area contributed by atoms with E-state index in [1.54, 1.807) is 0 Å². The largest absolute Gasteiger partial charge is 0.481 e. The van der Waals surface area contributed by atoms with Gasteiger partial charge < -0.3 is 10.0 Å². The third-order valence-corrected chi connectivity index (χ3v) is 2.74. The number of aliphatic carboxylic acids is 1. The van der Waals surface area contributed by atoms with Crippen LogP contribution in [0, 0.1) is 5.41 Å². The smallest absolute Gasteiger partial charge is 0.310 e. The number of hydrogen-bond donors (Lipinski definition) is 1. The highest BCUT2D eigenvalue weighted by Gasteiger charge is 2.37. The molecule has 1 aliphatic heterocycles. The van der Waals surface area contributed by atoms with Crippen molar-refractivity contribution >= 4 is 18.4 Å². The first-order valence-electron chi connectivity index (χ1n) is 4.54. The van der Waals surface area contributed by atoms with Crippen LogP contribution in [-0.4, -0.2) is 35.6 Å². The number of carbonyl (C=O) groups is 1. The fourth-order valence-electron chi connectivity index (χ4n) is 1.79. The summed E-state index contributed by atoms with van der Waals surface area (Å²) in [6.07, 6.45) is 1.83. The third-order valence-electron chi connectivity index (χ3n) is 2.74. The van der Waals surface area contributed by atoms with Crippen LogP contribution in [0.25, 0.3) is 0 Å². The summed E-state index contributed by atoms with van der Waals surface area (Å²) in [4.78, 5) is 13.1. The molecule has 0 aliphatic carbocycles. The van der Waals surface area contributed by atoms with Gasteiger partial charge >= 0.3 is 5.97 Å². The second-order valence-corrected chi connectivity index (χ2v) is 3.84. The predicted octanol–water partition coefficient (Wildman–Crippen LogP) is 1.61. The standard InChI is InChI=1S/C9H17NO2.ClH/c1-3-10-6-4-5-9(2,7-10)8(11)12;/h3-7H2,1-2H3,(H,11,12);1H. The van der Waals surface area contributed by atoms with E-state index in [0.717, 1.165) is 25.9 Å². The highest BCUT2D eigenvalue weighted by atomic mass is 35.5. The van der Waals surface area contributed by atoms with Crippen molar-refractivity contribution in [1.29, 1.82) is 0 Å². The number of rotatable bonds is 2. The number of piperidine rings is 1. The molecule has 0 bridgehead atoms. The molecule has 0 amide bonds. The zero-order chi connectivity index (χ0) is 9.19. The molecule has 1 aliphatic rings. The lowest BCUT2D eigenvalue weighted by molar-refractivity contribution is -0.151. The van der Waals surface area contributed by atoms with Gasteiger partial charge in [0, 0.05) is 6.54 Å². The van der Waals surface area contributed by atoms with Crippen LogP contribution >= 0.6 is 12.4 Å². The van der Waals surface area contributed by atoms with E-state index < -0.39 is 11.4 Å². The summed E-state index contributed by atoms with van der Waals surface area (Å²) >= 11 is 0. The van der Waals surface area contributed by atoms with E-state index in [-0.39, 0.29) is 12.4 Å². The van der Waals surface area contributed by atoms with Crippen molar-refractivity contribution in [3.05, 3.63) is 0 Å². The SMILES string of the molecule is CCN1CCCC(C)(C(=O)O)C1.Cl. The summed E-state index contributed by atoms with van der Waals surface area (Å²) < 4.78 is 0. The van der Waals surface area contributed by atoms with Crippen LogP contribution in [0.15, 0.2) is 0 Å². The molecule has 1 N–H and O–H groups in total. The quantitative estimate of drug-likeness (QED) is 0.748. The number of nitrogens with zero attached hydrogens (tertiary/aromatic N) is 1. The molecule has 1 saturated heterocycles. The topological polar surface area (TPSA) is 40.5 Å². The molecule has 1 rings (SSSR count). The summed E-state index contributed by atoms with van der Waals surface area (Å²) in [7, 11) is 0.